The van der Waals surface area contributed by atoms with E-state index >= 15 is 0 Å². The van der Waals surface area contributed by atoms with Gasteiger partial charge in [-0.05, 0) is 18.2 Å². The first kappa shape index (κ1) is 11.7. The predicted molar refractivity (Wildman–Crippen MR) is 53.4 cm³/mol. The molecule has 0 aliphatic carbocycles. The van der Waals surface area contributed by atoms with Crippen LogP contribution < -0.4 is 0 Å². The molecule has 5 heteroatoms. The molecule has 2 aromatic rings. The normalized spacial score (nSPS) is 9.86. The van der Waals surface area contributed by atoms with Crippen LogP contribution in [0, 0.1) is 0 Å². The minimum absolute atomic E-state index is 0. The molecule has 1 N–H and O–H groups in total. The van der Waals surface area contributed by atoms with Crippen LogP contribution in [0.5, 0.6) is 5.75 Å². The number of pyridine rings is 1. The van der Waals surface area contributed by atoms with Crippen LogP contribution in [0.2, 0.25) is 10.0 Å². The third-order valence-corrected chi connectivity index (χ3v) is 2.37. The SMILES string of the molecule is Oc1c(Cl)cc(Cl)c2cccnc12.[Zn]. The van der Waals surface area contributed by atoms with Gasteiger partial charge in [-0.15, -0.1) is 0 Å². The molecule has 0 saturated heterocycles. The Morgan fingerprint density at radius 2 is 1.93 bits per heavy atom. The van der Waals surface area contributed by atoms with Crippen LogP contribution >= 0.6 is 23.2 Å². The zero-order valence-corrected chi connectivity index (χ0v) is 11.6. The van der Waals surface area contributed by atoms with Crippen LogP contribution in [-0.4, -0.2) is 10.1 Å². The number of aromatic nitrogens is 1. The van der Waals surface area contributed by atoms with E-state index in [-0.39, 0.29) is 30.3 Å². The molecule has 0 aliphatic heterocycles. The van der Waals surface area contributed by atoms with E-state index in [0.717, 1.165) is 0 Å². The fourth-order valence-corrected chi connectivity index (χ4v) is 1.67. The molecule has 0 spiro atoms. The molecule has 2 rings (SSSR count). The summed E-state index contributed by atoms with van der Waals surface area (Å²) in [6.07, 6.45) is 1.58. The number of phenolic OH excluding ortho intramolecular Hbond substituents is 1. The zero-order chi connectivity index (χ0) is 9.42. The molecule has 1 heterocycles. The molecule has 1 aromatic carbocycles. The topological polar surface area (TPSA) is 33.1 Å². The summed E-state index contributed by atoms with van der Waals surface area (Å²) in [6.45, 7) is 0. The number of benzene rings is 1. The number of fused-ring (bicyclic) bond motifs is 1. The molecule has 0 unspecified atom stereocenters. The second kappa shape index (κ2) is 4.44. The Morgan fingerprint density at radius 1 is 1.21 bits per heavy atom. The van der Waals surface area contributed by atoms with Crippen molar-refractivity contribution in [2.45, 2.75) is 0 Å². The van der Waals surface area contributed by atoms with Crippen LogP contribution in [0.3, 0.4) is 0 Å². The van der Waals surface area contributed by atoms with Crippen molar-refractivity contribution in [1.29, 1.82) is 0 Å². The van der Waals surface area contributed by atoms with Crippen molar-refractivity contribution in [3.8, 4) is 5.75 Å². The van der Waals surface area contributed by atoms with Gasteiger partial charge in [0.2, 0.25) is 0 Å². The molecule has 1 aromatic heterocycles. The second-order valence-corrected chi connectivity index (χ2v) is 3.40. The van der Waals surface area contributed by atoms with Gasteiger partial charge >= 0.3 is 0 Å². The third kappa shape index (κ3) is 1.85. The monoisotopic (exact) mass is 277 g/mol. The summed E-state index contributed by atoms with van der Waals surface area (Å²) < 4.78 is 0. The molecule has 0 atom stereocenters. The van der Waals surface area contributed by atoms with Gasteiger partial charge in [0.25, 0.3) is 0 Å². The van der Waals surface area contributed by atoms with Crippen molar-refractivity contribution in [2.75, 3.05) is 0 Å². The second-order valence-electron chi connectivity index (χ2n) is 2.59. The van der Waals surface area contributed by atoms with Gasteiger partial charge < -0.3 is 5.11 Å². The maximum Gasteiger partial charge on any atom is 0.160 e. The first-order chi connectivity index (χ1) is 6.20. The van der Waals surface area contributed by atoms with Gasteiger partial charge in [-0.1, -0.05) is 23.2 Å². The minimum atomic E-state index is -0.0262. The van der Waals surface area contributed by atoms with E-state index in [1.165, 1.54) is 6.07 Å². The molecule has 0 bridgehead atoms. The number of rotatable bonds is 0. The molecule has 0 aliphatic rings. The van der Waals surface area contributed by atoms with E-state index in [0.29, 0.717) is 15.9 Å². The van der Waals surface area contributed by atoms with Gasteiger partial charge in [0.1, 0.15) is 5.52 Å². The fraction of sp³-hybridized carbons (Fsp3) is 0. The Morgan fingerprint density at radius 3 is 2.64 bits per heavy atom. The Bertz CT molecular complexity index is 476. The molecule has 2 nitrogen and oxygen atoms in total. The van der Waals surface area contributed by atoms with Crippen molar-refractivity contribution < 1.29 is 24.6 Å². The average molecular weight is 279 g/mol. The zero-order valence-electron chi connectivity index (χ0n) is 7.17. The van der Waals surface area contributed by atoms with E-state index < -0.39 is 0 Å². The molecule has 68 valence electrons. The smallest absolute Gasteiger partial charge is 0.160 e. The number of nitrogens with zero attached hydrogens (tertiary/aromatic N) is 1. The summed E-state index contributed by atoms with van der Waals surface area (Å²) in [7, 11) is 0. The van der Waals surface area contributed by atoms with E-state index in [9.17, 15) is 5.11 Å². The molecule has 0 amide bonds. The van der Waals surface area contributed by atoms with Gasteiger partial charge in [0.05, 0.1) is 10.0 Å². The van der Waals surface area contributed by atoms with Crippen LogP contribution in [-0.2, 0) is 19.5 Å². The fourth-order valence-electron chi connectivity index (χ4n) is 1.16. The Balaban J connectivity index is 0.000000980. The van der Waals surface area contributed by atoms with Crippen molar-refractivity contribution >= 4 is 34.1 Å². The molecule has 0 radical (unpaired) electrons. The Labute approximate surface area is 104 Å². The molecular formula is C9H5Cl2NOZn. The van der Waals surface area contributed by atoms with Gasteiger partial charge in [-0.25, -0.2) is 0 Å². The maximum absolute atomic E-state index is 9.53. The number of hydrogen-bond donors (Lipinski definition) is 1. The summed E-state index contributed by atoms with van der Waals surface area (Å²) in [5.74, 6) is -0.0262. The number of hydrogen-bond acceptors (Lipinski definition) is 2. The van der Waals surface area contributed by atoms with E-state index in [1.54, 1.807) is 18.3 Å². The van der Waals surface area contributed by atoms with Crippen molar-refractivity contribution in [3.63, 3.8) is 0 Å². The largest absolute Gasteiger partial charge is 0.504 e. The van der Waals surface area contributed by atoms with Crippen LogP contribution in [0.4, 0.5) is 0 Å². The van der Waals surface area contributed by atoms with Crippen LogP contribution in [0.1, 0.15) is 0 Å². The molecule has 0 fully saturated rings. The number of aromatic hydroxyl groups is 1. The number of halogens is 2. The minimum Gasteiger partial charge on any atom is -0.504 e. The van der Waals surface area contributed by atoms with Crippen LogP contribution in [0.15, 0.2) is 24.4 Å². The standard InChI is InChI=1S/C9H5Cl2NO.Zn/c10-6-4-7(11)9(13)8-5(6)2-1-3-12-8;/h1-4,13H;. The summed E-state index contributed by atoms with van der Waals surface area (Å²) >= 11 is 11.6. The van der Waals surface area contributed by atoms with Crippen molar-refractivity contribution in [1.82, 2.24) is 4.98 Å². The Kier molecular flexibility index (Phi) is 3.71. The Hall–Kier alpha value is -0.367. The average Bonchev–Trinajstić information content (AvgIpc) is 2.15. The van der Waals surface area contributed by atoms with E-state index in [4.69, 9.17) is 23.2 Å². The van der Waals surface area contributed by atoms with E-state index in [2.05, 4.69) is 4.98 Å². The maximum atomic E-state index is 9.53. The first-order valence-corrected chi connectivity index (χ1v) is 4.37. The van der Waals surface area contributed by atoms with Gasteiger partial charge in [-0.2, -0.15) is 0 Å². The quantitative estimate of drug-likeness (QED) is 0.751. The van der Waals surface area contributed by atoms with Gasteiger partial charge in [0, 0.05) is 31.1 Å². The summed E-state index contributed by atoms with van der Waals surface area (Å²) in [5.41, 5.74) is 0.431. The van der Waals surface area contributed by atoms with Gasteiger partial charge in [0.15, 0.2) is 5.75 Å². The van der Waals surface area contributed by atoms with Crippen LogP contribution in [0.25, 0.3) is 10.9 Å². The summed E-state index contributed by atoms with van der Waals surface area (Å²) in [4.78, 5) is 3.98. The van der Waals surface area contributed by atoms with Gasteiger partial charge in [-0.3, -0.25) is 4.98 Å². The molecule has 14 heavy (non-hydrogen) atoms. The summed E-state index contributed by atoms with van der Waals surface area (Å²) in [6, 6.07) is 5.03. The third-order valence-electron chi connectivity index (χ3n) is 1.77. The first-order valence-electron chi connectivity index (χ1n) is 3.62. The molecular weight excluding hydrogens is 274 g/mol. The van der Waals surface area contributed by atoms with Crippen molar-refractivity contribution in [2.24, 2.45) is 0 Å². The van der Waals surface area contributed by atoms with E-state index in [1.807, 2.05) is 0 Å². The van der Waals surface area contributed by atoms with Crippen molar-refractivity contribution in [3.05, 3.63) is 34.4 Å². The predicted octanol–water partition coefficient (Wildman–Crippen LogP) is 3.24. The summed E-state index contributed by atoms with van der Waals surface area (Å²) in [5, 5.41) is 10.9. The molecule has 0 saturated carbocycles. The number of phenols is 1.